The first kappa shape index (κ1) is 14.1. The lowest BCUT2D eigenvalue weighted by Crippen LogP contribution is -2.35. The van der Waals surface area contributed by atoms with E-state index in [-0.39, 0.29) is 11.5 Å². The molecule has 0 bridgehead atoms. The molecule has 1 N–H and O–H groups in total. The average molecular weight is 296 g/mol. The summed E-state index contributed by atoms with van der Waals surface area (Å²) >= 11 is 0. The highest BCUT2D eigenvalue weighted by Crippen LogP contribution is 2.56. The number of hydrogen-bond acceptors (Lipinski definition) is 2. The van der Waals surface area contributed by atoms with E-state index in [1.54, 1.807) is 0 Å². The van der Waals surface area contributed by atoms with Crippen molar-refractivity contribution in [2.45, 2.75) is 51.6 Å². The second-order valence-corrected chi connectivity index (χ2v) is 7.10. The zero-order valence-corrected chi connectivity index (χ0v) is 13.4. The standard InChI is InChI=1S/C20H24O2/c1-3-22-14-5-7-15-13(12-14)4-6-17-16(15)10-11-20(2)18(17)8-9-19(20)21/h4-7,12,18-19,21H,3,8-11H2,1-2H3/t18-,19-,20-/m0/s1. The number of benzene rings is 2. The lowest BCUT2D eigenvalue weighted by Gasteiger charge is -2.40. The molecule has 0 aliphatic heterocycles. The van der Waals surface area contributed by atoms with Crippen LogP contribution in [-0.2, 0) is 6.42 Å². The Labute approximate surface area is 132 Å². The van der Waals surface area contributed by atoms with Gasteiger partial charge >= 0.3 is 0 Å². The maximum atomic E-state index is 10.4. The Hall–Kier alpha value is -1.54. The third-order valence-corrected chi connectivity index (χ3v) is 6.03. The summed E-state index contributed by atoms with van der Waals surface area (Å²) in [7, 11) is 0. The summed E-state index contributed by atoms with van der Waals surface area (Å²) in [5.74, 6) is 1.47. The van der Waals surface area contributed by atoms with Crippen molar-refractivity contribution in [3.8, 4) is 5.75 Å². The Balaban J connectivity index is 1.83. The topological polar surface area (TPSA) is 29.5 Å². The Morgan fingerprint density at radius 1 is 1.23 bits per heavy atom. The molecule has 0 spiro atoms. The van der Waals surface area contributed by atoms with Crippen molar-refractivity contribution in [1.82, 2.24) is 0 Å². The quantitative estimate of drug-likeness (QED) is 0.888. The highest BCUT2D eigenvalue weighted by atomic mass is 16.5. The van der Waals surface area contributed by atoms with Gasteiger partial charge < -0.3 is 9.84 Å². The van der Waals surface area contributed by atoms with Gasteiger partial charge in [-0.15, -0.1) is 0 Å². The molecule has 3 atom stereocenters. The molecule has 4 rings (SSSR count). The average Bonchev–Trinajstić information content (AvgIpc) is 2.83. The van der Waals surface area contributed by atoms with Crippen LogP contribution in [0.5, 0.6) is 5.75 Å². The molecular weight excluding hydrogens is 272 g/mol. The molecule has 2 aliphatic rings. The van der Waals surface area contributed by atoms with E-state index >= 15 is 0 Å². The van der Waals surface area contributed by atoms with Gasteiger partial charge in [-0.1, -0.05) is 25.1 Å². The van der Waals surface area contributed by atoms with Crippen molar-refractivity contribution in [2.75, 3.05) is 6.61 Å². The van der Waals surface area contributed by atoms with Crippen molar-refractivity contribution in [3.63, 3.8) is 0 Å². The SMILES string of the molecule is CCOc1ccc2c3c(ccc2c1)[C@@H]1CC[C@H](O)[C@@]1(C)CC3. The van der Waals surface area contributed by atoms with Gasteiger partial charge in [-0.3, -0.25) is 0 Å². The monoisotopic (exact) mass is 296 g/mol. The Morgan fingerprint density at radius 2 is 2.09 bits per heavy atom. The zero-order valence-electron chi connectivity index (χ0n) is 13.4. The van der Waals surface area contributed by atoms with Crippen LogP contribution in [0.15, 0.2) is 30.3 Å². The van der Waals surface area contributed by atoms with Crippen LogP contribution in [0.1, 0.15) is 50.2 Å². The number of ether oxygens (including phenoxy) is 1. The smallest absolute Gasteiger partial charge is 0.119 e. The zero-order chi connectivity index (χ0) is 15.3. The van der Waals surface area contributed by atoms with Crippen molar-refractivity contribution in [3.05, 3.63) is 41.5 Å². The van der Waals surface area contributed by atoms with Gasteiger partial charge in [0.15, 0.2) is 0 Å². The van der Waals surface area contributed by atoms with E-state index in [0.717, 1.165) is 31.4 Å². The van der Waals surface area contributed by atoms with Crippen molar-refractivity contribution < 1.29 is 9.84 Å². The summed E-state index contributed by atoms with van der Waals surface area (Å²) in [4.78, 5) is 0. The molecule has 0 amide bonds. The van der Waals surface area contributed by atoms with Crippen LogP contribution in [0.4, 0.5) is 0 Å². The predicted octanol–water partition coefficient (Wildman–Crippen LogP) is 4.43. The summed E-state index contributed by atoms with van der Waals surface area (Å²) in [5, 5.41) is 13.0. The predicted molar refractivity (Wildman–Crippen MR) is 89.5 cm³/mol. The van der Waals surface area contributed by atoms with Gasteiger partial charge in [0.05, 0.1) is 12.7 Å². The second kappa shape index (κ2) is 4.99. The molecule has 0 radical (unpaired) electrons. The molecule has 2 nitrogen and oxygen atoms in total. The maximum absolute atomic E-state index is 10.4. The molecule has 1 fully saturated rings. The Bertz CT molecular complexity index is 721. The highest BCUT2D eigenvalue weighted by molar-refractivity contribution is 5.88. The Kier molecular flexibility index (Phi) is 3.19. The molecule has 2 aromatic carbocycles. The maximum Gasteiger partial charge on any atom is 0.119 e. The lowest BCUT2D eigenvalue weighted by atomic mass is 9.65. The van der Waals surface area contributed by atoms with Gasteiger partial charge in [0.1, 0.15) is 5.75 Å². The third-order valence-electron chi connectivity index (χ3n) is 6.03. The molecule has 2 aromatic rings. The van der Waals surface area contributed by atoms with E-state index < -0.39 is 0 Å². The number of aryl methyl sites for hydroxylation is 1. The lowest BCUT2D eigenvalue weighted by molar-refractivity contribution is 0.0459. The number of hydrogen-bond donors (Lipinski definition) is 1. The minimum atomic E-state index is -0.137. The van der Waals surface area contributed by atoms with E-state index in [1.807, 2.05) is 6.92 Å². The summed E-state index contributed by atoms with van der Waals surface area (Å²) in [6, 6.07) is 11.0. The van der Waals surface area contributed by atoms with Crippen LogP contribution >= 0.6 is 0 Å². The second-order valence-electron chi connectivity index (χ2n) is 7.10. The molecule has 0 unspecified atom stereocenters. The first-order chi connectivity index (χ1) is 10.6. The number of aliphatic hydroxyl groups excluding tert-OH is 1. The van der Waals surface area contributed by atoms with E-state index in [0.29, 0.717) is 12.5 Å². The normalized spacial score (nSPS) is 30.1. The van der Waals surface area contributed by atoms with Crippen molar-refractivity contribution in [1.29, 1.82) is 0 Å². The molecule has 22 heavy (non-hydrogen) atoms. The van der Waals surface area contributed by atoms with Gasteiger partial charge in [0, 0.05) is 5.41 Å². The van der Waals surface area contributed by atoms with Crippen LogP contribution in [0.25, 0.3) is 10.8 Å². The fraction of sp³-hybridized carbons (Fsp3) is 0.500. The molecule has 0 aromatic heterocycles. The van der Waals surface area contributed by atoms with Crippen molar-refractivity contribution >= 4 is 10.8 Å². The molecule has 0 heterocycles. The van der Waals surface area contributed by atoms with E-state index in [2.05, 4.69) is 37.3 Å². The number of fused-ring (bicyclic) bond motifs is 5. The first-order valence-corrected chi connectivity index (χ1v) is 8.50. The van der Waals surface area contributed by atoms with Crippen LogP contribution < -0.4 is 4.74 Å². The summed E-state index contributed by atoms with van der Waals surface area (Å²) < 4.78 is 5.62. The fourth-order valence-corrected chi connectivity index (χ4v) is 4.71. The van der Waals surface area contributed by atoms with Crippen LogP contribution in [-0.4, -0.2) is 17.8 Å². The van der Waals surface area contributed by atoms with Gasteiger partial charge in [0.2, 0.25) is 0 Å². The van der Waals surface area contributed by atoms with E-state index in [9.17, 15) is 5.11 Å². The minimum absolute atomic E-state index is 0.0753. The van der Waals surface area contributed by atoms with Crippen molar-refractivity contribution in [2.24, 2.45) is 5.41 Å². The molecule has 0 saturated heterocycles. The molecule has 2 heteroatoms. The van der Waals surface area contributed by atoms with Gasteiger partial charge in [-0.05, 0) is 72.6 Å². The molecule has 1 saturated carbocycles. The van der Waals surface area contributed by atoms with E-state index in [4.69, 9.17) is 4.74 Å². The summed E-state index contributed by atoms with van der Waals surface area (Å²) in [6.07, 6.45) is 4.10. The number of aliphatic hydroxyl groups is 1. The molecule has 2 aliphatic carbocycles. The van der Waals surface area contributed by atoms with Crippen LogP contribution in [0.2, 0.25) is 0 Å². The molecular formula is C20H24O2. The minimum Gasteiger partial charge on any atom is -0.494 e. The third kappa shape index (κ3) is 1.90. The van der Waals surface area contributed by atoms with E-state index in [1.165, 1.54) is 21.9 Å². The summed E-state index contributed by atoms with van der Waals surface area (Å²) in [6.45, 7) is 5.00. The highest BCUT2D eigenvalue weighted by Gasteiger charge is 2.49. The van der Waals surface area contributed by atoms with Crippen LogP contribution in [0.3, 0.4) is 0 Å². The molecule has 116 valence electrons. The number of rotatable bonds is 2. The van der Waals surface area contributed by atoms with Gasteiger partial charge in [-0.2, -0.15) is 0 Å². The first-order valence-electron chi connectivity index (χ1n) is 8.50. The Morgan fingerprint density at radius 3 is 2.91 bits per heavy atom. The van der Waals surface area contributed by atoms with Gasteiger partial charge in [-0.25, -0.2) is 0 Å². The van der Waals surface area contributed by atoms with Crippen LogP contribution in [0, 0.1) is 5.41 Å². The fourth-order valence-electron chi connectivity index (χ4n) is 4.71. The largest absolute Gasteiger partial charge is 0.494 e. The summed E-state index contributed by atoms with van der Waals surface area (Å²) in [5.41, 5.74) is 3.05. The van der Waals surface area contributed by atoms with Gasteiger partial charge in [0.25, 0.3) is 0 Å².